The van der Waals surface area contributed by atoms with E-state index in [2.05, 4.69) is 19.2 Å². The number of hydrogen-bond acceptors (Lipinski definition) is 3. The molecule has 3 nitrogen and oxygen atoms in total. The molecule has 0 saturated carbocycles. The van der Waals surface area contributed by atoms with Crippen LogP contribution in [0.5, 0.6) is 5.75 Å². The fourth-order valence-electron chi connectivity index (χ4n) is 2.38. The van der Waals surface area contributed by atoms with Crippen LogP contribution in [-0.2, 0) is 0 Å². The molecule has 1 aromatic carbocycles. The average molecular weight is 247 g/mol. The predicted molar refractivity (Wildman–Crippen MR) is 72.4 cm³/mol. The SMILES string of the molecule is COc1ccc(C(C)C)cc1C(=O)C1CCNC1. The second-order valence-electron chi connectivity index (χ2n) is 5.17. The molecule has 1 saturated heterocycles. The lowest BCUT2D eigenvalue weighted by molar-refractivity contribution is 0.0927. The normalized spacial score (nSPS) is 19.2. The molecule has 1 aliphatic rings. The molecule has 1 heterocycles. The Morgan fingerprint density at radius 2 is 2.22 bits per heavy atom. The summed E-state index contributed by atoms with van der Waals surface area (Å²) in [7, 11) is 1.62. The molecule has 1 fully saturated rings. The maximum atomic E-state index is 12.5. The van der Waals surface area contributed by atoms with Gasteiger partial charge in [-0.3, -0.25) is 4.79 Å². The molecule has 2 rings (SSSR count). The fourth-order valence-corrected chi connectivity index (χ4v) is 2.38. The Morgan fingerprint density at radius 3 is 2.78 bits per heavy atom. The summed E-state index contributed by atoms with van der Waals surface area (Å²) in [6.45, 7) is 5.98. The second-order valence-corrected chi connectivity index (χ2v) is 5.17. The molecule has 98 valence electrons. The number of ketones is 1. The first-order valence-electron chi connectivity index (χ1n) is 6.56. The lowest BCUT2D eigenvalue weighted by Crippen LogP contribution is -2.18. The van der Waals surface area contributed by atoms with Crippen LogP contribution in [0.4, 0.5) is 0 Å². The van der Waals surface area contributed by atoms with Crippen LogP contribution >= 0.6 is 0 Å². The van der Waals surface area contributed by atoms with Crippen molar-refractivity contribution in [3.05, 3.63) is 29.3 Å². The van der Waals surface area contributed by atoms with Crippen LogP contribution in [0.1, 0.15) is 42.1 Å². The van der Waals surface area contributed by atoms with Crippen LogP contribution in [0.3, 0.4) is 0 Å². The fraction of sp³-hybridized carbons (Fsp3) is 0.533. The van der Waals surface area contributed by atoms with Crippen molar-refractivity contribution in [3.63, 3.8) is 0 Å². The van der Waals surface area contributed by atoms with Gasteiger partial charge >= 0.3 is 0 Å². The molecule has 18 heavy (non-hydrogen) atoms. The lowest BCUT2D eigenvalue weighted by atomic mass is 9.92. The zero-order valence-electron chi connectivity index (χ0n) is 11.3. The Morgan fingerprint density at radius 1 is 1.44 bits per heavy atom. The number of nitrogens with one attached hydrogen (secondary N) is 1. The van der Waals surface area contributed by atoms with Gasteiger partial charge in [0.2, 0.25) is 0 Å². The van der Waals surface area contributed by atoms with E-state index in [0.29, 0.717) is 11.7 Å². The van der Waals surface area contributed by atoms with E-state index >= 15 is 0 Å². The van der Waals surface area contributed by atoms with Gasteiger partial charge < -0.3 is 10.1 Å². The van der Waals surface area contributed by atoms with E-state index in [4.69, 9.17) is 4.74 Å². The number of benzene rings is 1. The zero-order valence-corrected chi connectivity index (χ0v) is 11.3. The zero-order chi connectivity index (χ0) is 13.1. The summed E-state index contributed by atoms with van der Waals surface area (Å²) in [5.41, 5.74) is 1.92. The molecule has 0 aliphatic carbocycles. The Bertz CT molecular complexity index is 434. The van der Waals surface area contributed by atoms with Gasteiger partial charge in [-0.1, -0.05) is 19.9 Å². The number of carbonyl (C=O) groups is 1. The van der Waals surface area contributed by atoms with Gasteiger partial charge in [0.25, 0.3) is 0 Å². The van der Waals surface area contributed by atoms with Crippen LogP contribution in [0.15, 0.2) is 18.2 Å². The minimum atomic E-state index is 0.0984. The summed E-state index contributed by atoms with van der Waals surface area (Å²) in [5, 5.41) is 3.24. The molecule has 1 aliphatic heterocycles. The van der Waals surface area contributed by atoms with Gasteiger partial charge in [-0.25, -0.2) is 0 Å². The van der Waals surface area contributed by atoms with Gasteiger partial charge in [-0.05, 0) is 36.6 Å². The van der Waals surface area contributed by atoms with Crippen molar-refractivity contribution < 1.29 is 9.53 Å². The molecule has 0 amide bonds. The molecule has 0 aromatic heterocycles. The molecule has 1 atom stereocenters. The van der Waals surface area contributed by atoms with Crippen molar-refractivity contribution in [1.82, 2.24) is 5.32 Å². The van der Waals surface area contributed by atoms with Crippen LogP contribution in [0.2, 0.25) is 0 Å². The van der Waals surface area contributed by atoms with Crippen LogP contribution < -0.4 is 10.1 Å². The molecule has 1 unspecified atom stereocenters. The van der Waals surface area contributed by atoms with Crippen molar-refractivity contribution in [2.24, 2.45) is 5.92 Å². The second kappa shape index (κ2) is 5.53. The van der Waals surface area contributed by atoms with Crippen LogP contribution in [-0.4, -0.2) is 26.0 Å². The quantitative estimate of drug-likeness (QED) is 0.831. The summed E-state index contributed by atoms with van der Waals surface area (Å²) in [6.07, 6.45) is 0.924. The first-order chi connectivity index (χ1) is 8.63. The van der Waals surface area contributed by atoms with E-state index in [1.165, 1.54) is 5.56 Å². The van der Waals surface area contributed by atoms with Crippen molar-refractivity contribution >= 4 is 5.78 Å². The Labute approximate surface area is 109 Å². The number of Topliss-reactive ketones (excluding diaryl/α,β-unsaturated/α-hetero) is 1. The summed E-state index contributed by atoms with van der Waals surface area (Å²) >= 11 is 0. The van der Waals surface area contributed by atoms with E-state index in [1.54, 1.807) is 7.11 Å². The first kappa shape index (κ1) is 13.1. The van der Waals surface area contributed by atoms with E-state index in [9.17, 15) is 4.79 Å². The van der Waals surface area contributed by atoms with Crippen LogP contribution in [0.25, 0.3) is 0 Å². The molecule has 0 spiro atoms. The van der Waals surface area contributed by atoms with Gasteiger partial charge in [-0.2, -0.15) is 0 Å². The van der Waals surface area contributed by atoms with Gasteiger partial charge in [0.05, 0.1) is 12.7 Å². The highest BCUT2D eigenvalue weighted by Crippen LogP contribution is 2.27. The van der Waals surface area contributed by atoms with Crippen molar-refractivity contribution in [2.75, 3.05) is 20.2 Å². The van der Waals surface area contributed by atoms with Crippen molar-refractivity contribution in [3.8, 4) is 5.75 Å². The number of ether oxygens (including phenoxy) is 1. The highest BCUT2D eigenvalue weighted by Gasteiger charge is 2.26. The molecule has 3 heteroatoms. The third-order valence-corrected chi connectivity index (χ3v) is 3.59. The maximum Gasteiger partial charge on any atom is 0.170 e. The molecule has 0 bridgehead atoms. The monoisotopic (exact) mass is 247 g/mol. The lowest BCUT2D eigenvalue weighted by Gasteiger charge is -2.14. The van der Waals surface area contributed by atoms with Gasteiger partial charge in [0.15, 0.2) is 5.78 Å². The summed E-state index contributed by atoms with van der Waals surface area (Å²) < 4.78 is 5.32. The van der Waals surface area contributed by atoms with E-state index in [1.807, 2.05) is 18.2 Å². The number of rotatable bonds is 4. The van der Waals surface area contributed by atoms with E-state index in [-0.39, 0.29) is 11.7 Å². The van der Waals surface area contributed by atoms with Gasteiger partial charge in [0, 0.05) is 12.5 Å². The summed E-state index contributed by atoms with van der Waals surface area (Å²) in [6, 6.07) is 5.93. The molecule has 1 aromatic rings. The third kappa shape index (κ3) is 2.56. The van der Waals surface area contributed by atoms with Crippen molar-refractivity contribution in [1.29, 1.82) is 0 Å². The predicted octanol–water partition coefficient (Wildman–Crippen LogP) is 2.61. The highest BCUT2D eigenvalue weighted by atomic mass is 16.5. The molecular formula is C15H21NO2. The summed E-state index contributed by atoms with van der Waals surface area (Å²) in [4.78, 5) is 12.5. The number of hydrogen-bond donors (Lipinski definition) is 1. The Hall–Kier alpha value is -1.35. The standard InChI is InChI=1S/C15H21NO2/c1-10(2)11-4-5-14(18-3)13(8-11)15(17)12-6-7-16-9-12/h4-5,8,10,12,16H,6-7,9H2,1-3H3. The Kier molecular flexibility index (Phi) is 4.02. The molecule has 1 N–H and O–H groups in total. The highest BCUT2D eigenvalue weighted by molar-refractivity contribution is 6.00. The van der Waals surface area contributed by atoms with Crippen molar-refractivity contribution in [2.45, 2.75) is 26.2 Å². The smallest absolute Gasteiger partial charge is 0.170 e. The summed E-state index contributed by atoms with van der Waals surface area (Å²) in [5.74, 6) is 1.42. The Balaban J connectivity index is 2.33. The third-order valence-electron chi connectivity index (χ3n) is 3.59. The maximum absolute atomic E-state index is 12.5. The number of methoxy groups -OCH3 is 1. The average Bonchev–Trinajstić information content (AvgIpc) is 2.90. The number of carbonyl (C=O) groups excluding carboxylic acids is 1. The first-order valence-corrected chi connectivity index (χ1v) is 6.56. The topological polar surface area (TPSA) is 38.3 Å². The van der Waals surface area contributed by atoms with Gasteiger partial charge in [0.1, 0.15) is 5.75 Å². The minimum absolute atomic E-state index is 0.0984. The minimum Gasteiger partial charge on any atom is -0.496 e. The molecular weight excluding hydrogens is 226 g/mol. The van der Waals surface area contributed by atoms with E-state index in [0.717, 1.165) is 25.1 Å². The van der Waals surface area contributed by atoms with Crippen LogP contribution in [0, 0.1) is 5.92 Å². The molecule has 0 radical (unpaired) electrons. The van der Waals surface area contributed by atoms with Gasteiger partial charge in [-0.15, -0.1) is 0 Å². The van der Waals surface area contributed by atoms with E-state index < -0.39 is 0 Å². The largest absolute Gasteiger partial charge is 0.496 e.